The van der Waals surface area contributed by atoms with E-state index in [1.54, 1.807) is 0 Å². The van der Waals surface area contributed by atoms with Gasteiger partial charge in [0, 0.05) is 49.4 Å². The molecule has 5 rings (SSSR count). The molecule has 0 radical (unpaired) electrons. The first kappa shape index (κ1) is 18.5. The molecule has 0 bridgehead atoms. The van der Waals surface area contributed by atoms with Crippen LogP contribution in [0.3, 0.4) is 0 Å². The molecule has 1 aromatic carbocycles. The van der Waals surface area contributed by atoms with Crippen LogP contribution in [0, 0.1) is 18.7 Å². The summed E-state index contributed by atoms with van der Waals surface area (Å²) < 4.78 is 17.8. The zero-order valence-corrected chi connectivity index (χ0v) is 17.1. The molecular formula is C22H27FN6. The summed E-state index contributed by atoms with van der Waals surface area (Å²) in [6, 6.07) is 6.98. The van der Waals surface area contributed by atoms with Crippen LogP contribution in [0.1, 0.15) is 42.9 Å². The number of likely N-dealkylation sites (tertiary alicyclic amines) is 1. The lowest BCUT2D eigenvalue weighted by Gasteiger charge is -2.20. The third-order valence-corrected chi connectivity index (χ3v) is 6.56. The molecule has 2 atom stereocenters. The highest BCUT2D eigenvalue weighted by Gasteiger charge is 2.38. The van der Waals surface area contributed by atoms with E-state index in [0.717, 1.165) is 56.2 Å². The molecule has 1 fully saturated rings. The Morgan fingerprint density at radius 3 is 2.72 bits per heavy atom. The standard InChI is InChI=1S/C22H27FN6/c1-3-28-15(2)18(11-24-28)13-27-12-17-5-4-6-21-25-26-22(29(21)20(17)14-27)16-7-9-19(23)10-8-16/h7-11,17,20H,3-6,12-14H2,1-2H3/t17-,20+/m1/s1. The van der Waals surface area contributed by atoms with E-state index in [4.69, 9.17) is 0 Å². The lowest BCUT2D eigenvalue weighted by Crippen LogP contribution is -2.22. The summed E-state index contributed by atoms with van der Waals surface area (Å²) >= 11 is 0. The molecule has 3 aromatic rings. The van der Waals surface area contributed by atoms with Crippen molar-refractivity contribution >= 4 is 0 Å². The van der Waals surface area contributed by atoms with Gasteiger partial charge in [-0.2, -0.15) is 5.10 Å². The highest BCUT2D eigenvalue weighted by atomic mass is 19.1. The summed E-state index contributed by atoms with van der Waals surface area (Å²) in [6.45, 7) is 8.19. The van der Waals surface area contributed by atoms with Gasteiger partial charge < -0.3 is 4.57 Å². The fourth-order valence-corrected chi connectivity index (χ4v) is 5.01. The van der Waals surface area contributed by atoms with E-state index in [-0.39, 0.29) is 5.82 Å². The van der Waals surface area contributed by atoms with Crippen molar-refractivity contribution in [1.29, 1.82) is 0 Å². The van der Waals surface area contributed by atoms with Crippen LogP contribution in [-0.4, -0.2) is 42.5 Å². The van der Waals surface area contributed by atoms with Crippen molar-refractivity contribution in [3.63, 3.8) is 0 Å². The predicted molar refractivity (Wildman–Crippen MR) is 109 cm³/mol. The number of aromatic nitrogens is 5. The second kappa shape index (κ2) is 7.37. The quantitative estimate of drug-likeness (QED) is 0.678. The van der Waals surface area contributed by atoms with Crippen LogP contribution in [0.4, 0.5) is 4.39 Å². The molecular weight excluding hydrogens is 367 g/mol. The summed E-state index contributed by atoms with van der Waals surface area (Å²) in [4.78, 5) is 2.54. The number of aryl methyl sites for hydroxylation is 2. The topological polar surface area (TPSA) is 51.8 Å². The van der Waals surface area contributed by atoms with E-state index in [0.29, 0.717) is 12.0 Å². The summed E-state index contributed by atoms with van der Waals surface area (Å²) in [5.74, 6) is 2.30. The number of rotatable bonds is 4. The Labute approximate surface area is 170 Å². The maximum Gasteiger partial charge on any atom is 0.164 e. The van der Waals surface area contributed by atoms with Gasteiger partial charge in [0.15, 0.2) is 5.82 Å². The molecule has 1 saturated heterocycles. The van der Waals surface area contributed by atoms with E-state index in [1.807, 2.05) is 18.3 Å². The van der Waals surface area contributed by atoms with Gasteiger partial charge in [-0.1, -0.05) is 0 Å². The van der Waals surface area contributed by atoms with Crippen LogP contribution >= 0.6 is 0 Å². The lowest BCUT2D eigenvalue weighted by atomic mass is 9.98. The Kier molecular flexibility index (Phi) is 4.70. The average molecular weight is 394 g/mol. The van der Waals surface area contributed by atoms with E-state index >= 15 is 0 Å². The molecule has 0 N–H and O–H groups in total. The van der Waals surface area contributed by atoms with Crippen molar-refractivity contribution in [3.8, 4) is 11.4 Å². The van der Waals surface area contributed by atoms with Gasteiger partial charge in [-0.3, -0.25) is 9.58 Å². The smallest absolute Gasteiger partial charge is 0.164 e. The van der Waals surface area contributed by atoms with Gasteiger partial charge in [0.1, 0.15) is 11.6 Å². The third-order valence-electron chi connectivity index (χ3n) is 6.56. The highest BCUT2D eigenvalue weighted by Crippen LogP contribution is 2.38. The number of hydrogen-bond acceptors (Lipinski definition) is 4. The third kappa shape index (κ3) is 3.27. The van der Waals surface area contributed by atoms with E-state index in [2.05, 4.69) is 43.3 Å². The highest BCUT2D eigenvalue weighted by molar-refractivity contribution is 5.55. The van der Waals surface area contributed by atoms with Crippen molar-refractivity contribution in [2.24, 2.45) is 5.92 Å². The molecule has 0 aliphatic carbocycles. The molecule has 0 spiro atoms. The van der Waals surface area contributed by atoms with Crippen LogP contribution in [0.5, 0.6) is 0 Å². The van der Waals surface area contributed by atoms with Gasteiger partial charge in [0.2, 0.25) is 0 Å². The summed E-state index contributed by atoms with van der Waals surface area (Å²) in [5.41, 5.74) is 3.51. The second-order valence-electron chi connectivity index (χ2n) is 8.30. The van der Waals surface area contributed by atoms with E-state index in [1.165, 1.54) is 29.8 Å². The molecule has 152 valence electrons. The molecule has 0 unspecified atom stereocenters. The van der Waals surface area contributed by atoms with Crippen molar-refractivity contribution < 1.29 is 4.39 Å². The normalized spacial score (nSPS) is 21.8. The van der Waals surface area contributed by atoms with Crippen molar-refractivity contribution in [2.45, 2.75) is 52.2 Å². The molecule has 2 aliphatic rings. The monoisotopic (exact) mass is 394 g/mol. The Morgan fingerprint density at radius 2 is 1.97 bits per heavy atom. The first-order valence-corrected chi connectivity index (χ1v) is 10.6. The number of hydrogen-bond donors (Lipinski definition) is 0. The van der Waals surface area contributed by atoms with Gasteiger partial charge >= 0.3 is 0 Å². The first-order valence-electron chi connectivity index (χ1n) is 10.6. The number of halogens is 1. The lowest BCUT2D eigenvalue weighted by molar-refractivity contribution is 0.308. The summed E-state index contributed by atoms with van der Waals surface area (Å²) in [6.07, 6.45) is 5.33. The zero-order chi connectivity index (χ0) is 20.0. The fourth-order valence-electron chi connectivity index (χ4n) is 5.01. The van der Waals surface area contributed by atoms with Crippen LogP contribution in [-0.2, 0) is 19.5 Å². The number of fused-ring (bicyclic) bond motifs is 3. The van der Waals surface area contributed by atoms with Gasteiger partial charge in [-0.15, -0.1) is 10.2 Å². The second-order valence-corrected chi connectivity index (χ2v) is 8.30. The average Bonchev–Trinajstić information content (AvgIpc) is 3.38. The van der Waals surface area contributed by atoms with E-state index < -0.39 is 0 Å². The zero-order valence-electron chi connectivity index (χ0n) is 17.1. The molecule has 2 aliphatic heterocycles. The molecule has 0 amide bonds. The minimum atomic E-state index is -0.225. The molecule has 29 heavy (non-hydrogen) atoms. The number of benzene rings is 1. The molecule has 0 saturated carbocycles. The predicted octanol–water partition coefficient (Wildman–Crippen LogP) is 3.62. The Morgan fingerprint density at radius 1 is 1.14 bits per heavy atom. The maximum atomic E-state index is 13.4. The first-order chi connectivity index (χ1) is 14.1. The van der Waals surface area contributed by atoms with Crippen molar-refractivity contribution in [2.75, 3.05) is 13.1 Å². The molecule has 2 aromatic heterocycles. The SMILES string of the molecule is CCn1ncc(CN2C[C@H]3CCCc4nnc(-c5ccc(F)cc5)n4[C@H]3C2)c1C. The largest absolute Gasteiger partial charge is 0.306 e. The van der Waals surface area contributed by atoms with Crippen LogP contribution in [0.2, 0.25) is 0 Å². The van der Waals surface area contributed by atoms with Crippen molar-refractivity contribution in [1.82, 2.24) is 29.4 Å². The van der Waals surface area contributed by atoms with Gasteiger partial charge in [-0.05, 0) is 56.9 Å². The van der Waals surface area contributed by atoms with Crippen LogP contribution < -0.4 is 0 Å². The Hall–Kier alpha value is -2.54. The van der Waals surface area contributed by atoms with Gasteiger partial charge in [-0.25, -0.2) is 4.39 Å². The number of nitrogens with zero attached hydrogens (tertiary/aromatic N) is 6. The summed E-state index contributed by atoms with van der Waals surface area (Å²) in [7, 11) is 0. The van der Waals surface area contributed by atoms with Crippen LogP contribution in [0.25, 0.3) is 11.4 Å². The minimum absolute atomic E-state index is 0.225. The molecule has 4 heterocycles. The Bertz CT molecular complexity index is 1000. The minimum Gasteiger partial charge on any atom is -0.306 e. The van der Waals surface area contributed by atoms with Gasteiger partial charge in [0.25, 0.3) is 0 Å². The Balaban J connectivity index is 1.44. The fraction of sp³-hybridized carbons (Fsp3) is 0.500. The van der Waals surface area contributed by atoms with E-state index in [9.17, 15) is 4.39 Å². The van der Waals surface area contributed by atoms with Crippen molar-refractivity contribution in [3.05, 3.63) is 53.4 Å². The van der Waals surface area contributed by atoms with Crippen LogP contribution in [0.15, 0.2) is 30.5 Å². The molecule has 6 nitrogen and oxygen atoms in total. The maximum absolute atomic E-state index is 13.4. The van der Waals surface area contributed by atoms with Gasteiger partial charge in [0.05, 0.1) is 12.2 Å². The summed E-state index contributed by atoms with van der Waals surface area (Å²) in [5, 5.41) is 13.5. The molecule has 7 heteroatoms.